The molecule has 32 heavy (non-hydrogen) atoms. The van der Waals surface area contributed by atoms with Gasteiger partial charge in [0, 0.05) is 5.56 Å². The summed E-state index contributed by atoms with van der Waals surface area (Å²) in [6.07, 6.45) is 2.90. The Balaban J connectivity index is 1.39. The lowest BCUT2D eigenvalue weighted by molar-refractivity contribution is -0.131. The monoisotopic (exact) mass is 433 g/mol. The van der Waals surface area contributed by atoms with Crippen LogP contribution in [0.2, 0.25) is 0 Å². The van der Waals surface area contributed by atoms with E-state index in [4.69, 9.17) is 4.42 Å². The molecule has 1 aliphatic heterocycles. The first-order valence-electron chi connectivity index (χ1n) is 9.63. The molecule has 1 fully saturated rings. The fraction of sp³-hybridized carbons (Fsp3) is 0.143. The Hall–Kier alpha value is -4.41. The van der Waals surface area contributed by atoms with Gasteiger partial charge in [-0.2, -0.15) is 0 Å². The second-order valence-corrected chi connectivity index (χ2v) is 7.38. The number of imide groups is 1. The van der Waals surface area contributed by atoms with E-state index in [0.717, 1.165) is 4.90 Å². The Labute approximate surface area is 180 Å². The Morgan fingerprint density at radius 2 is 1.97 bits per heavy atom. The van der Waals surface area contributed by atoms with E-state index in [1.165, 1.54) is 29.3 Å². The number of rotatable bonds is 5. The van der Waals surface area contributed by atoms with Crippen molar-refractivity contribution in [3.8, 4) is 17.0 Å². The highest BCUT2D eigenvalue weighted by Crippen LogP contribution is 2.31. The van der Waals surface area contributed by atoms with Crippen LogP contribution < -0.4 is 5.32 Å². The first kappa shape index (κ1) is 19.5. The quantitative estimate of drug-likeness (QED) is 0.480. The molecule has 1 N–H and O–H groups in total. The summed E-state index contributed by atoms with van der Waals surface area (Å²) < 4.78 is 20.3. The highest BCUT2D eigenvalue weighted by molar-refractivity contribution is 6.07. The summed E-state index contributed by atoms with van der Waals surface area (Å²) in [6, 6.07) is 12.2. The number of hydrogen-bond acceptors (Lipinski definition) is 7. The van der Waals surface area contributed by atoms with Gasteiger partial charge in [0.1, 0.15) is 24.2 Å². The van der Waals surface area contributed by atoms with E-state index < -0.39 is 17.5 Å². The van der Waals surface area contributed by atoms with Crippen LogP contribution in [0.5, 0.6) is 0 Å². The maximum atomic E-state index is 13.2. The lowest BCUT2D eigenvalue weighted by atomic mass is 9.91. The number of benzene rings is 2. The largest absolute Gasteiger partial charge is 0.439 e. The van der Waals surface area contributed by atoms with Gasteiger partial charge in [-0.15, -0.1) is 5.10 Å². The van der Waals surface area contributed by atoms with Crippen LogP contribution >= 0.6 is 0 Å². The molecule has 5 rings (SSSR count). The third-order valence-electron chi connectivity index (χ3n) is 5.29. The summed E-state index contributed by atoms with van der Waals surface area (Å²) in [5.41, 5.74) is 0.566. The highest BCUT2D eigenvalue weighted by atomic mass is 19.1. The van der Waals surface area contributed by atoms with Crippen molar-refractivity contribution in [1.82, 2.24) is 35.4 Å². The molecule has 1 saturated heterocycles. The number of oxazole rings is 1. The number of halogens is 1. The number of tetrazole rings is 1. The topological polar surface area (TPSA) is 119 Å². The molecule has 4 aromatic rings. The molecule has 3 heterocycles. The first-order chi connectivity index (χ1) is 15.4. The van der Waals surface area contributed by atoms with Crippen molar-refractivity contribution in [2.45, 2.75) is 19.0 Å². The molecule has 3 amide bonds. The average molecular weight is 433 g/mol. The van der Waals surface area contributed by atoms with E-state index in [9.17, 15) is 14.0 Å². The van der Waals surface area contributed by atoms with E-state index in [1.54, 1.807) is 43.3 Å². The lowest BCUT2D eigenvalue weighted by Crippen LogP contribution is -2.40. The van der Waals surface area contributed by atoms with Gasteiger partial charge in [0.15, 0.2) is 5.76 Å². The molecule has 1 aliphatic rings. The zero-order valence-corrected chi connectivity index (χ0v) is 16.8. The van der Waals surface area contributed by atoms with Gasteiger partial charge in [0.05, 0.1) is 11.9 Å². The zero-order valence-electron chi connectivity index (χ0n) is 16.8. The fourth-order valence-corrected chi connectivity index (χ4v) is 3.54. The van der Waals surface area contributed by atoms with Crippen LogP contribution in [0, 0.1) is 5.82 Å². The third kappa shape index (κ3) is 3.29. The van der Waals surface area contributed by atoms with E-state index in [1.807, 2.05) is 0 Å². The van der Waals surface area contributed by atoms with Crippen molar-refractivity contribution in [3.05, 3.63) is 78.3 Å². The Morgan fingerprint density at radius 3 is 2.72 bits per heavy atom. The summed E-state index contributed by atoms with van der Waals surface area (Å²) in [7, 11) is 0. The van der Waals surface area contributed by atoms with Crippen molar-refractivity contribution < 1.29 is 18.4 Å². The molecular formula is C21H16FN7O3. The number of urea groups is 1. The fourth-order valence-electron chi connectivity index (χ4n) is 3.54. The maximum absolute atomic E-state index is 13.2. The number of aromatic nitrogens is 5. The molecule has 10 nitrogen and oxygen atoms in total. The van der Waals surface area contributed by atoms with E-state index in [0.29, 0.717) is 22.6 Å². The summed E-state index contributed by atoms with van der Waals surface area (Å²) in [5.74, 6) is -0.224. The van der Waals surface area contributed by atoms with Crippen LogP contribution in [0.1, 0.15) is 18.4 Å². The van der Waals surface area contributed by atoms with Gasteiger partial charge in [0.2, 0.25) is 5.89 Å². The Kier molecular flexibility index (Phi) is 4.51. The maximum Gasteiger partial charge on any atom is 0.325 e. The van der Waals surface area contributed by atoms with Crippen LogP contribution in [0.3, 0.4) is 0 Å². The SMILES string of the molecule is CC1(c2cccc(-n3cnnn3)c2)NC(=O)N(Cc2ncc(-c3ccc(F)cc3)o2)C1=O. The van der Waals surface area contributed by atoms with Crippen molar-refractivity contribution in [1.29, 1.82) is 0 Å². The van der Waals surface area contributed by atoms with Gasteiger partial charge in [-0.3, -0.25) is 9.69 Å². The third-order valence-corrected chi connectivity index (χ3v) is 5.29. The van der Waals surface area contributed by atoms with Gasteiger partial charge in [-0.05, 0) is 59.3 Å². The predicted octanol–water partition coefficient (Wildman–Crippen LogP) is 2.42. The minimum absolute atomic E-state index is 0.145. The first-order valence-corrected chi connectivity index (χ1v) is 9.63. The van der Waals surface area contributed by atoms with E-state index >= 15 is 0 Å². The van der Waals surface area contributed by atoms with Crippen LogP contribution in [-0.2, 0) is 16.9 Å². The van der Waals surface area contributed by atoms with E-state index in [2.05, 4.69) is 25.8 Å². The number of nitrogens with one attached hydrogen (secondary N) is 1. The van der Waals surface area contributed by atoms with Crippen molar-refractivity contribution in [2.24, 2.45) is 0 Å². The van der Waals surface area contributed by atoms with Crippen LogP contribution in [0.25, 0.3) is 17.0 Å². The molecule has 0 saturated carbocycles. The van der Waals surface area contributed by atoms with Crippen molar-refractivity contribution >= 4 is 11.9 Å². The molecule has 2 aromatic carbocycles. The van der Waals surface area contributed by atoms with Crippen molar-refractivity contribution in [2.75, 3.05) is 0 Å². The summed E-state index contributed by atoms with van der Waals surface area (Å²) in [4.78, 5) is 31.1. The molecule has 0 bridgehead atoms. The second-order valence-electron chi connectivity index (χ2n) is 7.38. The number of carbonyl (C=O) groups is 2. The minimum atomic E-state index is -1.28. The molecule has 160 valence electrons. The van der Waals surface area contributed by atoms with E-state index in [-0.39, 0.29) is 18.3 Å². The summed E-state index contributed by atoms with van der Waals surface area (Å²) >= 11 is 0. The Morgan fingerprint density at radius 1 is 1.16 bits per heavy atom. The van der Waals surface area contributed by atoms with Gasteiger partial charge < -0.3 is 9.73 Å². The Bertz CT molecular complexity index is 1300. The summed E-state index contributed by atoms with van der Waals surface area (Å²) in [5, 5.41) is 13.8. The summed E-state index contributed by atoms with van der Waals surface area (Å²) in [6.45, 7) is 1.49. The van der Waals surface area contributed by atoms with Gasteiger partial charge in [-0.25, -0.2) is 18.9 Å². The van der Waals surface area contributed by atoms with Gasteiger partial charge in [0.25, 0.3) is 5.91 Å². The number of hydrogen-bond donors (Lipinski definition) is 1. The number of carbonyl (C=O) groups excluding carboxylic acids is 2. The molecule has 0 aliphatic carbocycles. The molecule has 0 spiro atoms. The highest BCUT2D eigenvalue weighted by Gasteiger charge is 2.49. The van der Waals surface area contributed by atoms with Crippen LogP contribution in [0.4, 0.5) is 9.18 Å². The number of nitrogens with zero attached hydrogens (tertiary/aromatic N) is 6. The second kappa shape index (κ2) is 7.38. The van der Waals surface area contributed by atoms with Crippen LogP contribution in [0.15, 0.2) is 65.5 Å². The lowest BCUT2D eigenvalue weighted by Gasteiger charge is -2.22. The normalized spacial score (nSPS) is 18.2. The minimum Gasteiger partial charge on any atom is -0.439 e. The van der Waals surface area contributed by atoms with Gasteiger partial charge in [-0.1, -0.05) is 12.1 Å². The molecule has 2 aromatic heterocycles. The average Bonchev–Trinajstić information content (AvgIpc) is 3.53. The van der Waals surface area contributed by atoms with Crippen LogP contribution in [-0.4, -0.2) is 42.0 Å². The molecule has 11 heteroatoms. The predicted molar refractivity (Wildman–Crippen MR) is 107 cm³/mol. The number of amides is 3. The van der Waals surface area contributed by atoms with Crippen molar-refractivity contribution in [3.63, 3.8) is 0 Å². The molecule has 0 radical (unpaired) electrons. The van der Waals surface area contributed by atoms with Gasteiger partial charge >= 0.3 is 6.03 Å². The standard InChI is InChI=1S/C21H16FN7O3/c1-21(14-3-2-4-16(9-14)29-12-24-26-27-29)19(30)28(20(31)25-21)11-18-23-10-17(32-18)13-5-7-15(22)8-6-13/h2-10,12H,11H2,1H3,(H,25,31). The molecule has 1 unspecified atom stereocenters. The smallest absolute Gasteiger partial charge is 0.325 e. The zero-order chi connectivity index (χ0) is 22.3. The molecule has 1 atom stereocenters. The molecular weight excluding hydrogens is 417 g/mol.